The van der Waals surface area contributed by atoms with E-state index in [0.717, 1.165) is 17.7 Å². The van der Waals surface area contributed by atoms with Crippen LogP contribution in [0.4, 0.5) is 18.9 Å². The maximum atomic E-state index is 12.5. The van der Waals surface area contributed by atoms with Crippen molar-refractivity contribution in [3.8, 4) is 5.75 Å². The summed E-state index contributed by atoms with van der Waals surface area (Å²) < 4.78 is 42.6. The molecular weight excluding hydrogens is 303 g/mol. The molecule has 0 saturated carbocycles. The van der Waals surface area contributed by atoms with Gasteiger partial charge in [-0.25, -0.2) is 0 Å². The quantitative estimate of drug-likeness (QED) is 0.859. The summed E-state index contributed by atoms with van der Waals surface area (Å²) in [4.78, 5) is 0. The molecule has 112 valence electrons. The summed E-state index contributed by atoms with van der Waals surface area (Å²) in [6.45, 7) is 0.398. The van der Waals surface area contributed by atoms with Gasteiger partial charge in [0.1, 0.15) is 5.75 Å². The second-order valence-electron chi connectivity index (χ2n) is 4.38. The maximum Gasteiger partial charge on any atom is 0.416 e. The summed E-state index contributed by atoms with van der Waals surface area (Å²) in [6.07, 6.45) is -4.32. The van der Waals surface area contributed by atoms with Gasteiger partial charge in [-0.3, -0.25) is 0 Å². The van der Waals surface area contributed by atoms with Crippen LogP contribution in [0.3, 0.4) is 0 Å². The molecule has 0 atom stereocenters. The second-order valence-corrected chi connectivity index (χ2v) is 4.82. The molecule has 0 bridgehead atoms. The first kappa shape index (κ1) is 15.5. The van der Waals surface area contributed by atoms with Gasteiger partial charge in [0.25, 0.3) is 0 Å². The van der Waals surface area contributed by atoms with Crippen molar-refractivity contribution in [1.29, 1.82) is 0 Å². The van der Waals surface area contributed by atoms with Gasteiger partial charge in [-0.2, -0.15) is 13.2 Å². The van der Waals surface area contributed by atoms with E-state index in [1.807, 2.05) is 0 Å². The summed E-state index contributed by atoms with van der Waals surface area (Å²) in [5.41, 5.74) is 0.739. The molecule has 0 aliphatic rings. The zero-order chi connectivity index (χ0) is 15.5. The fourth-order valence-corrected chi connectivity index (χ4v) is 2.05. The highest BCUT2D eigenvalue weighted by atomic mass is 35.5. The van der Waals surface area contributed by atoms with Gasteiger partial charge in [-0.15, -0.1) is 0 Å². The lowest BCUT2D eigenvalue weighted by atomic mass is 10.1. The first-order valence-corrected chi connectivity index (χ1v) is 6.51. The number of ether oxygens (including phenoxy) is 1. The molecule has 2 aromatic carbocycles. The minimum absolute atomic E-state index is 0.398. The second kappa shape index (κ2) is 6.26. The average molecular weight is 316 g/mol. The Morgan fingerprint density at radius 2 is 1.76 bits per heavy atom. The highest BCUT2D eigenvalue weighted by Crippen LogP contribution is 2.30. The van der Waals surface area contributed by atoms with Crippen LogP contribution < -0.4 is 10.1 Å². The van der Waals surface area contributed by atoms with E-state index < -0.39 is 11.7 Å². The van der Waals surface area contributed by atoms with Crippen molar-refractivity contribution in [2.45, 2.75) is 12.7 Å². The molecule has 2 rings (SSSR count). The van der Waals surface area contributed by atoms with Gasteiger partial charge in [0.15, 0.2) is 0 Å². The van der Waals surface area contributed by atoms with Gasteiger partial charge < -0.3 is 10.1 Å². The molecular formula is C15H13ClF3NO. The Balaban J connectivity index is 2.08. The summed E-state index contributed by atoms with van der Waals surface area (Å²) in [7, 11) is 1.55. The molecule has 0 aliphatic heterocycles. The minimum atomic E-state index is -4.32. The third kappa shape index (κ3) is 4.04. The molecule has 21 heavy (non-hydrogen) atoms. The number of hydrogen-bond acceptors (Lipinski definition) is 2. The number of alkyl halides is 3. The van der Waals surface area contributed by atoms with Crippen molar-refractivity contribution in [1.82, 2.24) is 0 Å². The number of halogens is 4. The monoisotopic (exact) mass is 315 g/mol. The normalized spacial score (nSPS) is 11.3. The van der Waals surface area contributed by atoms with Crippen LogP contribution in [-0.4, -0.2) is 7.11 Å². The van der Waals surface area contributed by atoms with Gasteiger partial charge in [0.2, 0.25) is 0 Å². The van der Waals surface area contributed by atoms with E-state index in [2.05, 4.69) is 5.32 Å². The molecule has 0 unspecified atom stereocenters. The topological polar surface area (TPSA) is 21.3 Å². The van der Waals surface area contributed by atoms with Crippen LogP contribution in [0.1, 0.15) is 11.1 Å². The van der Waals surface area contributed by atoms with Crippen molar-refractivity contribution in [3.63, 3.8) is 0 Å². The molecule has 2 nitrogen and oxygen atoms in total. The first-order valence-electron chi connectivity index (χ1n) is 6.13. The van der Waals surface area contributed by atoms with Gasteiger partial charge in [-0.05, 0) is 42.5 Å². The lowest BCUT2D eigenvalue weighted by Crippen LogP contribution is -2.05. The molecule has 0 radical (unpaired) electrons. The fourth-order valence-electron chi connectivity index (χ4n) is 1.86. The molecule has 0 aliphatic carbocycles. The van der Waals surface area contributed by atoms with Crippen LogP contribution in [0, 0.1) is 0 Å². The Kier molecular flexibility index (Phi) is 4.63. The summed E-state index contributed by atoms with van der Waals surface area (Å²) in [5.74, 6) is 0.666. The van der Waals surface area contributed by atoms with E-state index in [-0.39, 0.29) is 0 Å². The van der Waals surface area contributed by atoms with Gasteiger partial charge in [-0.1, -0.05) is 11.6 Å². The predicted molar refractivity (Wildman–Crippen MR) is 76.8 cm³/mol. The number of benzene rings is 2. The Hall–Kier alpha value is -1.88. The van der Waals surface area contributed by atoms with Crippen LogP contribution in [0.25, 0.3) is 0 Å². The molecule has 0 saturated heterocycles. The molecule has 0 heterocycles. The number of rotatable bonds is 4. The Morgan fingerprint density at radius 1 is 1.10 bits per heavy atom. The van der Waals surface area contributed by atoms with Crippen LogP contribution in [0.2, 0.25) is 5.02 Å². The van der Waals surface area contributed by atoms with Gasteiger partial charge in [0, 0.05) is 22.8 Å². The zero-order valence-corrected chi connectivity index (χ0v) is 11.9. The van der Waals surface area contributed by atoms with Crippen molar-refractivity contribution in [2.24, 2.45) is 0 Å². The van der Waals surface area contributed by atoms with Gasteiger partial charge >= 0.3 is 6.18 Å². The lowest BCUT2D eigenvalue weighted by Gasteiger charge is -2.12. The molecule has 1 N–H and O–H groups in total. The number of nitrogens with one attached hydrogen (secondary N) is 1. The Morgan fingerprint density at radius 3 is 2.33 bits per heavy atom. The first-order chi connectivity index (χ1) is 9.90. The van der Waals surface area contributed by atoms with Crippen molar-refractivity contribution in [3.05, 3.63) is 58.6 Å². The highest BCUT2D eigenvalue weighted by Gasteiger charge is 2.29. The lowest BCUT2D eigenvalue weighted by molar-refractivity contribution is -0.137. The van der Waals surface area contributed by atoms with E-state index in [1.54, 1.807) is 25.3 Å². The molecule has 2 aromatic rings. The minimum Gasteiger partial charge on any atom is -0.496 e. The molecule has 0 fully saturated rings. The van der Waals surface area contributed by atoms with E-state index in [4.69, 9.17) is 16.3 Å². The molecule has 0 spiro atoms. The molecule has 0 aromatic heterocycles. The summed E-state index contributed by atoms with van der Waals surface area (Å²) in [5, 5.41) is 3.61. The van der Waals surface area contributed by atoms with Crippen LogP contribution in [0.5, 0.6) is 5.75 Å². The Bertz CT molecular complexity index is 611. The molecule has 6 heteroatoms. The van der Waals surface area contributed by atoms with Crippen LogP contribution in [0.15, 0.2) is 42.5 Å². The number of methoxy groups -OCH3 is 1. The fraction of sp³-hybridized carbons (Fsp3) is 0.200. The van der Waals surface area contributed by atoms with Crippen LogP contribution in [-0.2, 0) is 12.7 Å². The summed E-state index contributed by atoms with van der Waals surface area (Å²) in [6, 6.07) is 10.1. The number of hydrogen-bond donors (Lipinski definition) is 1. The maximum absolute atomic E-state index is 12.5. The Labute approximate surface area is 125 Å². The van der Waals surface area contributed by atoms with E-state index in [9.17, 15) is 13.2 Å². The zero-order valence-electron chi connectivity index (χ0n) is 11.2. The third-order valence-electron chi connectivity index (χ3n) is 2.94. The van der Waals surface area contributed by atoms with Crippen molar-refractivity contribution in [2.75, 3.05) is 12.4 Å². The standard InChI is InChI=1S/C15H13ClF3NO/c1-21-14-7-4-12(16)8-10(14)9-20-13-5-2-11(3-6-13)15(17,18)19/h2-8,20H,9H2,1H3. The smallest absolute Gasteiger partial charge is 0.416 e. The van der Waals surface area contributed by atoms with E-state index >= 15 is 0 Å². The number of anilines is 1. The predicted octanol–water partition coefficient (Wildman–Crippen LogP) is 4.98. The average Bonchev–Trinajstić information content (AvgIpc) is 2.45. The molecule has 0 amide bonds. The van der Waals surface area contributed by atoms with Crippen molar-refractivity contribution >= 4 is 17.3 Å². The van der Waals surface area contributed by atoms with Crippen LogP contribution >= 0.6 is 11.6 Å². The highest BCUT2D eigenvalue weighted by molar-refractivity contribution is 6.30. The van der Waals surface area contributed by atoms with E-state index in [0.29, 0.717) is 23.0 Å². The SMILES string of the molecule is COc1ccc(Cl)cc1CNc1ccc(C(F)(F)F)cc1. The largest absolute Gasteiger partial charge is 0.496 e. The van der Waals surface area contributed by atoms with Crippen molar-refractivity contribution < 1.29 is 17.9 Å². The third-order valence-corrected chi connectivity index (χ3v) is 3.17. The van der Waals surface area contributed by atoms with Gasteiger partial charge in [0.05, 0.1) is 12.7 Å². The summed E-state index contributed by atoms with van der Waals surface area (Å²) >= 11 is 5.92. The van der Waals surface area contributed by atoms with E-state index in [1.165, 1.54) is 12.1 Å².